The largest absolute Gasteiger partial charge is 1.00 e. The Morgan fingerprint density at radius 2 is 1.83 bits per heavy atom. The van der Waals surface area contributed by atoms with Crippen LogP contribution in [-0.2, 0) is 0 Å². The van der Waals surface area contributed by atoms with Crippen molar-refractivity contribution in [2.24, 2.45) is 5.92 Å². The van der Waals surface area contributed by atoms with E-state index in [9.17, 15) is 12.9 Å². The molecule has 1 aromatic carbocycles. The first kappa shape index (κ1) is 18.3. The van der Waals surface area contributed by atoms with E-state index in [0.29, 0.717) is 0 Å². The maximum absolute atomic E-state index is 12.8. The van der Waals surface area contributed by atoms with Crippen molar-refractivity contribution < 1.29 is 73.8 Å². The Balaban J connectivity index is 0.00000289. The maximum atomic E-state index is 12.8. The van der Waals surface area contributed by atoms with Crippen molar-refractivity contribution >= 4 is 12.4 Å². The molecular formula is C11H15BF3KO2. The third kappa shape index (κ3) is 5.52. The van der Waals surface area contributed by atoms with Gasteiger partial charge >= 0.3 is 58.4 Å². The molecule has 0 aliphatic rings. The van der Waals surface area contributed by atoms with Crippen LogP contribution in [0.2, 0.25) is 0 Å². The van der Waals surface area contributed by atoms with Crippen LogP contribution in [0.3, 0.4) is 0 Å². The Hall–Kier alpha value is 0.311. The van der Waals surface area contributed by atoms with E-state index in [0.717, 1.165) is 6.07 Å². The van der Waals surface area contributed by atoms with Gasteiger partial charge in [0.2, 0.25) is 0 Å². The zero-order valence-electron chi connectivity index (χ0n) is 11.0. The number of ether oxygens (including phenoxy) is 2. The van der Waals surface area contributed by atoms with Crippen LogP contribution in [0, 0.1) is 5.92 Å². The van der Waals surface area contributed by atoms with Gasteiger partial charge in [-0.05, 0) is 24.1 Å². The van der Waals surface area contributed by atoms with Gasteiger partial charge in [-0.15, -0.1) is 0 Å². The summed E-state index contributed by atoms with van der Waals surface area (Å²) in [5.41, 5.74) is -0.745. The molecule has 0 bridgehead atoms. The molecule has 1 aromatic rings. The zero-order valence-corrected chi connectivity index (χ0v) is 14.2. The van der Waals surface area contributed by atoms with Crippen LogP contribution in [0.5, 0.6) is 11.5 Å². The minimum atomic E-state index is -5.10. The maximum Gasteiger partial charge on any atom is 1.00 e. The molecule has 2 nitrogen and oxygen atoms in total. The molecule has 0 atom stereocenters. The SMILES string of the molecule is COc1ccc(OCC(C)C)c([B-](F)(F)F)c1.[K+]. The average Bonchev–Trinajstić information content (AvgIpc) is 2.24. The Bertz CT molecular complexity index is 383. The van der Waals surface area contributed by atoms with Gasteiger partial charge in [0.25, 0.3) is 0 Å². The van der Waals surface area contributed by atoms with Crippen LogP contribution >= 0.6 is 0 Å². The standard InChI is InChI=1S/C11H15BF3O2.K/c1-8(2)7-17-11-5-4-9(16-3)6-10(11)12(13,14)15;/h4-6,8H,7H2,1-3H3;/q-1;+1. The molecule has 0 saturated carbocycles. The normalized spacial score (nSPS) is 11.1. The van der Waals surface area contributed by atoms with E-state index in [1.165, 1.54) is 19.2 Å². The minimum absolute atomic E-state index is 0. The monoisotopic (exact) mass is 286 g/mol. The quantitative estimate of drug-likeness (QED) is 0.697. The third-order valence-electron chi connectivity index (χ3n) is 2.14. The summed E-state index contributed by atoms with van der Waals surface area (Å²) >= 11 is 0. The molecule has 0 unspecified atom stereocenters. The first-order valence-corrected chi connectivity index (χ1v) is 5.35. The van der Waals surface area contributed by atoms with Gasteiger partial charge < -0.3 is 22.4 Å². The summed E-state index contributed by atoms with van der Waals surface area (Å²) in [4.78, 5) is 0. The summed E-state index contributed by atoms with van der Waals surface area (Å²) < 4.78 is 48.4. The van der Waals surface area contributed by atoms with Crippen molar-refractivity contribution in [2.45, 2.75) is 13.8 Å². The van der Waals surface area contributed by atoms with E-state index in [1.54, 1.807) is 0 Å². The Morgan fingerprint density at radius 1 is 1.22 bits per heavy atom. The fourth-order valence-electron chi connectivity index (χ4n) is 1.30. The van der Waals surface area contributed by atoms with Crippen LogP contribution in [0.25, 0.3) is 0 Å². The van der Waals surface area contributed by atoms with Gasteiger partial charge in [0.05, 0.1) is 19.5 Å². The Morgan fingerprint density at radius 3 is 2.28 bits per heavy atom. The van der Waals surface area contributed by atoms with E-state index in [1.807, 2.05) is 13.8 Å². The predicted molar refractivity (Wildman–Crippen MR) is 62.0 cm³/mol. The molecule has 0 radical (unpaired) electrons. The third-order valence-corrected chi connectivity index (χ3v) is 2.14. The number of benzene rings is 1. The molecular weight excluding hydrogens is 271 g/mol. The molecule has 0 heterocycles. The number of halogens is 3. The van der Waals surface area contributed by atoms with Gasteiger partial charge in [-0.25, -0.2) is 0 Å². The predicted octanol–water partition coefficient (Wildman–Crippen LogP) is -0.212. The smallest absolute Gasteiger partial charge is 0.497 e. The molecule has 0 fully saturated rings. The van der Waals surface area contributed by atoms with Crippen molar-refractivity contribution in [1.82, 2.24) is 0 Å². The average molecular weight is 286 g/mol. The first-order valence-electron chi connectivity index (χ1n) is 5.35. The summed E-state index contributed by atoms with van der Waals surface area (Å²) in [6.07, 6.45) is 0. The molecule has 0 saturated heterocycles. The van der Waals surface area contributed by atoms with E-state index in [-0.39, 0.29) is 75.4 Å². The Labute approximate surface area is 148 Å². The van der Waals surface area contributed by atoms with E-state index < -0.39 is 12.4 Å². The molecule has 7 heteroatoms. The summed E-state index contributed by atoms with van der Waals surface area (Å²) in [5.74, 6) is 0.216. The van der Waals surface area contributed by atoms with E-state index >= 15 is 0 Å². The number of hydrogen-bond acceptors (Lipinski definition) is 2. The van der Waals surface area contributed by atoms with Gasteiger partial charge in [0, 0.05) is 0 Å². The molecule has 18 heavy (non-hydrogen) atoms. The second kappa shape index (κ2) is 7.79. The minimum Gasteiger partial charge on any atom is -0.497 e. The van der Waals surface area contributed by atoms with E-state index in [2.05, 4.69) is 0 Å². The summed E-state index contributed by atoms with van der Waals surface area (Å²) in [6, 6.07) is 3.72. The molecule has 0 N–H and O–H groups in total. The van der Waals surface area contributed by atoms with Gasteiger partial charge in [-0.1, -0.05) is 19.3 Å². The summed E-state index contributed by atoms with van der Waals surface area (Å²) in [6.45, 7) is -1.09. The molecule has 0 spiro atoms. The van der Waals surface area contributed by atoms with Gasteiger partial charge in [0.15, 0.2) is 0 Å². The van der Waals surface area contributed by atoms with Crippen molar-refractivity contribution in [1.29, 1.82) is 0 Å². The Kier molecular flexibility index (Phi) is 7.93. The molecule has 1 rings (SSSR count). The van der Waals surface area contributed by atoms with Crippen LogP contribution in [0.1, 0.15) is 13.8 Å². The second-order valence-corrected chi connectivity index (χ2v) is 4.18. The second-order valence-electron chi connectivity index (χ2n) is 4.18. The van der Waals surface area contributed by atoms with Crippen molar-refractivity contribution in [3.05, 3.63) is 18.2 Å². The zero-order chi connectivity index (χ0) is 13.1. The summed E-state index contributed by atoms with van der Waals surface area (Å²) in [5, 5.41) is 0. The van der Waals surface area contributed by atoms with Crippen LogP contribution in [-0.4, -0.2) is 20.7 Å². The first-order chi connectivity index (χ1) is 7.84. The number of hydrogen-bond donors (Lipinski definition) is 0. The molecule has 0 aliphatic carbocycles. The topological polar surface area (TPSA) is 18.5 Å². The van der Waals surface area contributed by atoms with Gasteiger partial charge in [0.1, 0.15) is 5.75 Å². The number of methoxy groups -OCH3 is 1. The van der Waals surface area contributed by atoms with Crippen molar-refractivity contribution in [3.8, 4) is 11.5 Å². The van der Waals surface area contributed by atoms with Crippen molar-refractivity contribution in [3.63, 3.8) is 0 Å². The molecule has 96 valence electrons. The fraction of sp³-hybridized carbons (Fsp3) is 0.455. The van der Waals surface area contributed by atoms with Crippen molar-refractivity contribution in [2.75, 3.05) is 13.7 Å². The number of rotatable bonds is 5. The van der Waals surface area contributed by atoms with Crippen LogP contribution in [0.4, 0.5) is 12.9 Å². The summed E-state index contributed by atoms with van der Waals surface area (Å²) in [7, 11) is 1.33. The molecule has 0 amide bonds. The molecule has 0 aromatic heterocycles. The van der Waals surface area contributed by atoms with E-state index in [4.69, 9.17) is 9.47 Å². The fourth-order valence-corrected chi connectivity index (χ4v) is 1.30. The van der Waals surface area contributed by atoms with Gasteiger partial charge in [-0.3, -0.25) is 0 Å². The molecule has 0 aliphatic heterocycles. The van der Waals surface area contributed by atoms with Crippen LogP contribution < -0.4 is 66.3 Å². The van der Waals surface area contributed by atoms with Gasteiger partial charge in [-0.2, -0.15) is 0 Å². The van der Waals surface area contributed by atoms with Crippen LogP contribution in [0.15, 0.2) is 18.2 Å².